The molecule has 1 aromatic heterocycles. The predicted octanol–water partition coefficient (Wildman–Crippen LogP) is 3.60. The second kappa shape index (κ2) is 6.71. The van der Waals surface area contributed by atoms with Crippen molar-refractivity contribution in [1.82, 2.24) is 9.78 Å². The highest BCUT2D eigenvalue weighted by Gasteiger charge is 2.32. The number of aromatic nitrogens is 2. The molecule has 2 N–H and O–H groups in total. The molecule has 1 fully saturated rings. The SMILES string of the molecule is O=C1CSC(c2ccc(F)cc2)c2c(n(C3CCCCC3)[nH]c2=O)N1. The zero-order valence-corrected chi connectivity index (χ0v) is 14.6. The standard InChI is InChI=1S/C18H20FN3O2S/c19-12-8-6-11(7-9-12)16-15-17(20-14(23)10-25-16)22(21-18(15)24)13-4-2-1-3-5-13/h6-9,13,16H,1-5,10H2,(H,20,23)(H,21,24). The number of carbonyl (C=O) groups excluding carboxylic acids is 1. The van der Waals surface area contributed by atoms with Gasteiger partial charge in [0.15, 0.2) is 0 Å². The van der Waals surface area contributed by atoms with Gasteiger partial charge in [-0.1, -0.05) is 31.4 Å². The third-order valence-electron chi connectivity index (χ3n) is 4.98. The molecule has 1 atom stereocenters. The first-order valence-electron chi connectivity index (χ1n) is 8.65. The molecular formula is C18H20FN3O2S. The Morgan fingerprint density at radius 2 is 1.80 bits per heavy atom. The van der Waals surface area contributed by atoms with Crippen molar-refractivity contribution in [3.63, 3.8) is 0 Å². The summed E-state index contributed by atoms with van der Waals surface area (Å²) in [5.41, 5.74) is 1.22. The van der Waals surface area contributed by atoms with E-state index in [9.17, 15) is 14.0 Å². The second-order valence-electron chi connectivity index (χ2n) is 6.66. The molecule has 0 spiro atoms. The topological polar surface area (TPSA) is 66.9 Å². The van der Waals surface area contributed by atoms with Gasteiger partial charge in [0.25, 0.3) is 5.56 Å². The minimum absolute atomic E-state index is 0.112. The van der Waals surface area contributed by atoms with E-state index in [1.54, 1.807) is 12.1 Å². The van der Waals surface area contributed by atoms with Crippen LogP contribution in [0.15, 0.2) is 29.1 Å². The van der Waals surface area contributed by atoms with E-state index >= 15 is 0 Å². The van der Waals surface area contributed by atoms with Crippen molar-refractivity contribution in [2.45, 2.75) is 43.4 Å². The highest BCUT2D eigenvalue weighted by Crippen LogP contribution is 2.41. The molecule has 1 aliphatic heterocycles. The molecule has 1 unspecified atom stereocenters. The van der Waals surface area contributed by atoms with Crippen LogP contribution >= 0.6 is 11.8 Å². The monoisotopic (exact) mass is 361 g/mol. The normalized spacial score (nSPS) is 21.5. The van der Waals surface area contributed by atoms with Gasteiger partial charge in [-0.05, 0) is 30.5 Å². The molecule has 1 aromatic carbocycles. The van der Waals surface area contributed by atoms with Gasteiger partial charge in [-0.3, -0.25) is 19.4 Å². The lowest BCUT2D eigenvalue weighted by Crippen LogP contribution is -2.21. The Bertz CT molecular complexity index is 837. The number of halogens is 1. The summed E-state index contributed by atoms with van der Waals surface area (Å²) < 4.78 is 15.1. The Kier molecular flexibility index (Phi) is 4.41. The molecule has 2 heterocycles. The van der Waals surface area contributed by atoms with Crippen molar-refractivity contribution in [2.75, 3.05) is 11.1 Å². The van der Waals surface area contributed by atoms with Crippen LogP contribution in [0, 0.1) is 5.82 Å². The van der Waals surface area contributed by atoms with Gasteiger partial charge in [0, 0.05) is 0 Å². The average Bonchev–Trinajstić information content (AvgIpc) is 2.83. The fraction of sp³-hybridized carbons (Fsp3) is 0.444. The van der Waals surface area contributed by atoms with Crippen LogP contribution in [0.3, 0.4) is 0 Å². The molecule has 2 aliphatic rings. The highest BCUT2D eigenvalue weighted by molar-refractivity contribution is 8.00. The van der Waals surface area contributed by atoms with Crippen LogP contribution in [0.4, 0.5) is 10.2 Å². The van der Waals surface area contributed by atoms with E-state index in [4.69, 9.17) is 0 Å². The Balaban J connectivity index is 1.81. The molecule has 132 valence electrons. The maximum Gasteiger partial charge on any atom is 0.270 e. The average molecular weight is 361 g/mol. The molecule has 5 nitrogen and oxygen atoms in total. The van der Waals surface area contributed by atoms with E-state index < -0.39 is 0 Å². The minimum atomic E-state index is -0.314. The largest absolute Gasteiger partial charge is 0.310 e. The van der Waals surface area contributed by atoms with Crippen molar-refractivity contribution >= 4 is 23.5 Å². The lowest BCUT2D eigenvalue weighted by molar-refractivity contribution is -0.113. The van der Waals surface area contributed by atoms with Gasteiger partial charge in [-0.25, -0.2) is 4.39 Å². The van der Waals surface area contributed by atoms with E-state index in [2.05, 4.69) is 10.4 Å². The molecule has 0 saturated heterocycles. The summed E-state index contributed by atoms with van der Waals surface area (Å²) in [4.78, 5) is 24.9. The van der Waals surface area contributed by atoms with Crippen LogP contribution in [0.25, 0.3) is 0 Å². The smallest absolute Gasteiger partial charge is 0.270 e. The van der Waals surface area contributed by atoms with Crippen molar-refractivity contribution in [2.24, 2.45) is 0 Å². The number of H-pyrrole nitrogens is 1. The number of benzene rings is 1. The number of nitrogens with one attached hydrogen (secondary N) is 2. The van der Waals surface area contributed by atoms with Crippen molar-refractivity contribution in [1.29, 1.82) is 0 Å². The quantitative estimate of drug-likeness (QED) is 0.859. The van der Waals surface area contributed by atoms with Gasteiger partial charge in [-0.2, -0.15) is 0 Å². The van der Waals surface area contributed by atoms with E-state index in [1.807, 2.05) is 4.68 Å². The molecule has 7 heteroatoms. The fourth-order valence-corrected chi connectivity index (χ4v) is 4.88. The summed E-state index contributed by atoms with van der Waals surface area (Å²) in [6, 6.07) is 6.36. The first-order chi connectivity index (χ1) is 12.1. The number of thioether (sulfide) groups is 1. The van der Waals surface area contributed by atoms with Gasteiger partial charge in [0.05, 0.1) is 22.6 Å². The van der Waals surface area contributed by atoms with Gasteiger partial charge in [-0.15, -0.1) is 11.8 Å². The molecule has 1 aliphatic carbocycles. The van der Waals surface area contributed by atoms with Crippen LogP contribution < -0.4 is 10.9 Å². The van der Waals surface area contributed by atoms with Crippen molar-refractivity contribution in [3.8, 4) is 0 Å². The maximum atomic E-state index is 13.3. The van der Waals surface area contributed by atoms with Gasteiger partial charge < -0.3 is 5.32 Å². The van der Waals surface area contributed by atoms with Crippen molar-refractivity contribution in [3.05, 3.63) is 51.6 Å². The number of hydrogen-bond donors (Lipinski definition) is 2. The first-order valence-corrected chi connectivity index (χ1v) is 9.69. The highest BCUT2D eigenvalue weighted by atomic mass is 32.2. The number of fused-ring (bicyclic) bond motifs is 1. The number of carbonyl (C=O) groups is 1. The van der Waals surface area contributed by atoms with E-state index in [0.29, 0.717) is 11.4 Å². The lowest BCUT2D eigenvalue weighted by Gasteiger charge is -2.24. The van der Waals surface area contributed by atoms with Crippen LogP contribution in [-0.2, 0) is 4.79 Å². The number of nitrogens with zero attached hydrogens (tertiary/aromatic N) is 1. The summed E-state index contributed by atoms with van der Waals surface area (Å²) >= 11 is 1.40. The first kappa shape index (κ1) is 16.4. The van der Waals surface area contributed by atoms with Gasteiger partial charge >= 0.3 is 0 Å². The number of hydrogen-bond acceptors (Lipinski definition) is 3. The van der Waals surface area contributed by atoms with E-state index in [0.717, 1.165) is 31.2 Å². The summed E-state index contributed by atoms with van der Waals surface area (Å²) in [6.07, 6.45) is 5.47. The van der Waals surface area contributed by atoms with Gasteiger partial charge in [0.1, 0.15) is 11.6 Å². The molecular weight excluding hydrogens is 341 g/mol. The molecule has 4 rings (SSSR count). The minimum Gasteiger partial charge on any atom is -0.310 e. The van der Waals surface area contributed by atoms with Crippen LogP contribution in [-0.4, -0.2) is 21.4 Å². The summed E-state index contributed by atoms with van der Waals surface area (Å²) in [5, 5.41) is 5.57. The van der Waals surface area contributed by atoms with Crippen LogP contribution in [0.2, 0.25) is 0 Å². The van der Waals surface area contributed by atoms with Crippen LogP contribution in [0.1, 0.15) is 54.5 Å². The summed E-state index contributed by atoms with van der Waals surface area (Å²) in [7, 11) is 0. The third kappa shape index (κ3) is 3.13. The molecule has 2 aromatic rings. The Labute approximate surface area is 149 Å². The maximum absolute atomic E-state index is 13.3. The zero-order chi connectivity index (χ0) is 17.4. The number of amides is 1. The number of anilines is 1. The van der Waals surface area contributed by atoms with Gasteiger partial charge in [0.2, 0.25) is 5.91 Å². The van der Waals surface area contributed by atoms with E-state index in [-0.39, 0.29) is 34.3 Å². The molecule has 1 amide bonds. The number of rotatable bonds is 2. The molecule has 0 bridgehead atoms. The fourth-order valence-electron chi connectivity index (χ4n) is 3.76. The molecule has 0 radical (unpaired) electrons. The summed E-state index contributed by atoms with van der Waals surface area (Å²) in [6.45, 7) is 0. The lowest BCUT2D eigenvalue weighted by atomic mass is 9.95. The van der Waals surface area contributed by atoms with Crippen molar-refractivity contribution < 1.29 is 9.18 Å². The molecule has 1 saturated carbocycles. The van der Waals surface area contributed by atoms with Crippen LogP contribution in [0.5, 0.6) is 0 Å². The van der Waals surface area contributed by atoms with E-state index in [1.165, 1.54) is 30.3 Å². The zero-order valence-electron chi connectivity index (χ0n) is 13.8. The predicted molar refractivity (Wildman–Crippen MR) is 96.5 cm³/mol. The molecule has 25 heavy (non-hydrogen) atoms. The number of aromatic amines is 1. The third-order valence-corrected chi connectivity index (χ3v) is 6.25. The Morgan fingerprint density at radius 3 is 2.52 bits per heavy atom. The second-order valence-corrected chi connectivity index (χ2v) is 7.75. The Hall–Kier alpha value is -2.02. The summed E-state index contributed by atoms with van der Waals surface area (Å²) in [5.74, 6) is 0.423. The Morgan fingerprint density at radius 1 is 1.08 bits per heavy atom.